The standard InChI is InChI=1S/C19H20ClN7O6S2/c1-10-7-16(27-26-13-4-5-14(20)17(8-13)35(31,32)33)11(2)6-15(10)24-19-23-12(3)22-18(25-19)21-9-34(28,29)30/h4-8H,9H2,1-3H3,(H,28,29,30)(H,31,32,33)(H2,21,22,23,24,25). The molecule has 3 rings (SSSR count). The molecule has 3 aromatic rings. The van der Waals surface area contributed by atoms with Crippen LogP contribution in [0.3, 0.4) is 0 Å². The summed E-state index contributed by atoms with van der Waals surface area (Å²) in [6, 6.07) is 7.34. The van der Waals surface area contributed by atoms with E-state index in [0.717, 1.165) is 11.6 Å². The number of rotatable bonds is 8. The van der Waals surface area contributed by atoms with Gasteiger partial charge in [-0.2, -0.15) is 42.0 Å². The fourth-order valence-corrected chi connectivity index (χ4v) is 4.11. The van der Waals surface area contributed by atoms with Crippen LogP contribution < -0.4 is 10.6 Å². The van der Waals surface area contributed by atoms with E-state index in [4.69, 9.17) is 16.2 Å². The Labute approximate surface area is 206 Å². The van der Waals surface area contributed by atoms with Gasteiger partial charge in [0.25, 0.3) is 20.2 Å². The summed E-state index contributed by atoms with van der Waals surface area (Å²) in [5.41, 5.74) is 2.75. The first-order valence-corrected chi connectivity index (χ1v) is 13.1. The third kappa shape index (κ3) is 7.37. The highest BCUT2D eigenvalue weighted by molar-refractivity contribution is 7.86. The Morgan fingerprint density at radius 2 is 1.60 bits per heavy atom. The topological polar surface area (TPSA) is 196 Å². The number of anilines is 3. The third-order valence-electron chi connectivity index (χ3n) is 4.42. The molecule has 0 unspecified atom stereocenters. The smallest absolute Gasteiger partial charge is 0.296 e. The van der Waals surface area contributed by atoms with Gasteiger partial charge in [0.2, 0.25) is 11.9 Å². The summed E-state index contributed by atoms with van der Waals surface area (Å²) in [6.45, 7) is 5.17. The maximum Gasteiger partial charge on any atom is 0.296 e. The van der Waals surface area contributed by atoms with Gasteiger partial charge in [0.05, 0.1) is 16.4 Å². The average molecular weight is 542 g/mol. The zero-order chi connectivity index (χ0) is 26.0. The molecule has 0 spiro atoms. The van der Waals surface area contributed by atoms with Crippen LogP contribution in [0, 0.1) is 20.8 Å². The van der Waals surface area contributed by atoms with Crippen molar-refractivity contribution in [3.05, 3.63) is 52.3 Å². The van der Waals surface area contributed by atoms with Crippen LogP contribution >= 0.6 is 11.6 Å². The van der Waals surface area contributed by atoms with E-state index in [0.29, 0.717) is 22.8 Å². The molecule has 16 heteroatoms. The molecule has 2 aromatic carbocycles. The van der Waals surface area contributed by atoms with Crippen molar-refractivity contribution in [1.82, 2.24) is 15.0 Å². The van der Waals surface area contributed by atoms with Crippen LogP contribution in [0.25, 0.3) is 0 Å². The largest absolute Gasteiger partial charge is 0.338 e. The number of hydrogen-bond donors (Lipinski definition) is 4. The number of halogens is 1. The first kappa shape index (κ1) is 26.4. The summed E-state index contributed by atoms with van der Waals surface area (Å²) in [4.78, 5) is 11.8. The monoisotopic (exact) mass is 541 g/mol. The number of azo groups is 1. The number of hydrogen-bond acceptors (Lipinski definition) is 11. The first-order valence-electron chi connectivity index (χ1n) is 9.70. The molecule has 1 aromatic heterocycles. The minimum absolute atomic E-state index is 0.0374. The van der Waals surface area contributed by atoms with Gasteiger partial charge in [-0.15, -0.1) is 0 Å². The van der Waals surface area contributed by atoms with E-state index in [-0.39, 0.29) is 22.6 Å². The number of aryl methyl sites for hydroxylation is 3. The molecule has 0 bridgehead atoms. The number of nitrogens with zero attached hydrogens (tertiary/aromatic N) is 5. The Bertz CT molecular complexity index is 1530. The maximum atomic E-state index is 11.4. The van der Waals surface area contributed by atoms with Crippen molar-refractivity contribution < 1.29 is 25.9 Å². The Balaban J connectivity index is 1.84. The molecular formula is C19H20ClN7O6S2. The molecule has 0 saturated carbocycles. The van der Waals surface area contributed by atoms with Crippen LogP contribution in [0.2, 0.25) is 5.02 Å². The number of benzene rings is 2. The van der Waals surface area contributed by atoms with Gasteiger partial charge in [-0.1, -0.05) is 11.6 Å². The normalized spacial score (nSPS) is 12.2. The van der Waals surface area contributed by atoms with Crippen molar-refractivity contribution in [3.63, 3.8) is 0 Å². The second-order valence-corrected chi connectivity index (χ2v) is 10.6. The first-order chi connectivity index (χ1) is 16.2. The molecule has 0 amide bonds. The average Bonchev–Trinajstić information content (AvgIpc) is 2.73. The minimum Gasteiger partial charge on any atom is -0.338 e. The van der Waals surface area contributed by atoms with Gasteiger partial charge in [-0.05, 0) is 62.2 Å². The predicted octanol–water partition coefficient (Wildman–Crippen LogP) is 4.11. The Morgan fingerprint density at radius 3 is 2.26 bits per heavy atom. The SMILES string of the molecule is Cc1nc(NCS(=O)(=O)O)nc(Nc2cc(C)c(N=Nc3ccc(Cl)c(S(=O)(=O)O)c3)cc2C)n1. The van der Waals surface area contributed by atoms with Crippen LogP contribution in [0.4, 0.5) is 29.0 Å². The van der Waals surface area contributed by atoms with Crippen molar-refractivity contribution in [2.24, 2.45) is 10.2 Å². The minimum atomic E-state index is -4.51. The molecule has 0 saturated heterocycles. The van der Waals surface area contributed by atoms with Crippen molar-refractivity contribution >= 4 is 60.8 Å². The quantitative estimate of drug-likeness (QED) is 0.236. The van der Waals surface area contributed by atoms with Crippen LogP contribution in [-0.2, 0) is 20.2 Å². The lowest BCUT2D eigenvalue weighted by Gasteiger charge is -2.12. The van der Waals surface area contributed by atoms with Gasteiger partial charge in [0.15, 0.2) is 0 Å². The number of nitrogens with one attached hydrogen (secondary N) is 2. The fraction of sp³-hybridized carbons (Fsp3) is 0.211. The number of aromatic nitrogens is 3. The summed E-state index contributed by atoms with van der Waals surface area (Å²) in [6.07, 6.45) is 0. The van der Waals surface area contributed by atoms with Crippen molar-refractivity contribution in [3.8, 4) is 0 Å². The molecule has 35 heavy (non-hydrogen) atoms. The predicted molar refractivity (Wildman–Crippen MR) is 129 cm³/mol. The van der Waals surface area contributed by atoms with Crippen LogP contribution in [0.15, 0.2) is 45.5 Å². The van der Waals surface area contributed by atoms with E-state index in [2.05, 4.69) is 35.8 Å². The molecule has 0 radical (unpaired) electrons. The molecule has 0 aliphatic heterocycles. The van der Waals surface area contributed by atoms with Crippen LogP contribution in [0.1, 0.15) is 17.0 Å². The van der Waals surface area contributed by atoms with Crippen molar-refractivity contribution in [2.45, 2.75) is 25.7 Å². The van der Waals surface area contributed by atoms with Gasteiger partial charge in [0, 0.05) is 5.69 Å². The second kappa shape index (κ2) is 10.2. The molecule has 0 aliphatic rings. The fourth-order valence-electron chi connectivity index (χ4n) is 2.80. The maximum absolute atomic E-state index is 11.4. The second-order valence-electron chi connectivity index (χ2n) is 7.30. The van der Waals surface area contributed by atoms with Crippen LogP contribution in [0.5, 0.6) is 0 Å². The van der Waals surface area contributed by atoms with E-state index >= 15 is 0 Å². The molecule has 1 heterocycles. The Kier molecular flexibility index (Phi) is 7.66. The van der Waals surface area contributed by atoms with E-state index in [1.54, 1.807) is 32.9 Å². The van der Waals surface area contributed by atoms with Gasteiger partial charge >= 0.3 is 0 Å². The van der Waals surface area contributed by atoms with Gasteiger partial charge in [-0.3, -0.25) is 9.11 Å². The van der Waals surface area contributed by atoms with E-state index < -0.39 is 31.0 Å². The molecule has 13 nitrogen and oxygen atoms in total. The highest BCUT2D eigenvalue weighted by Crippen LogP contribution is 2.31. The van der Waals surface area contributed by atoms with Crippen molar-refractivity contribution in [1.29, 1.82) is 0 Å². The summed E-state index contributed by atoms with van der Waals surface area (Å²) in [5.74, 6) is -0.337. The zero-order valence-corrected chi connectivity index (χ0v) is 20.9. The van der Waals surface area contributed by atoms with E-state index in [1.165, 1.54) is 12.1 Å². The van der Waals surface area contributed by atoms with Gasteiger partial charge in [-0.25, -0.2) is 0 Å². The van der Waals surface area contributed by atoms with E-state index in [1.807, 2.05) is 0 Å². The van der Waals surface area contributed by atoms with Crippen molar-refractivity contribution in [2.75, 3.05) is 16.5 Å². The zero-order valence-electron chi connectivity index (χ0n) is 18.6. The summed E-state index contributed by atoms with van der Waals surface area (Å²) < 4.78 is 62.9. The summed E-state index contributed by atoms with van der Waals surface area (Å²) >= 11 is 5.81. The molecule has 0 atom stereocenters. The Morgan fingerprint density at radius 1 is 0.914 bits per heavy atom. The van der Waals surface area contributed by atoms with Gasteiger partial charge < -0.3 is 10.6 Å². The highest BCUT2D eigenvalue weighted by Gasteiger charge is 2.15. The van der Waals surface area contributed by atoms with E-state index in [9.17, 15) is 21.4 Å². The molecular weight excluding hydrogens is 522 g/mol. The lowest BCUT2D eigenvalue weighted by molar-refractivity contribution is 0.481. The third-order valence-corrected chi connectivity index (χ3v) is 6.26. The highest BCUT2D eigenvalue weighted by atomic mass is 35.5. The van der Waals surface area contributed by atoms with Gasteiger partial charge in [0.1, 0.15) is 16.6 Å². The van der Waals surface area contributed by atoms with Crippen LogP contribution in [-0.4, -0.2) is 46.8 Å². The summed E-state index contributed by atoms with van der Waals surface area (Å²) in [7, 11) is -8.77. The Hall–Kier alpha value is -3.24. The summed E-state index contributed by atoms with van der Waals surface area (Å²) in [5, 5.41) is 13.5. The lowest BCUT2D eigenvalue weighted by Crippen LogP contribution is -2.16. The molecule has 0 aliphatic carbocycles. The molecule has 0 fully saturated rings. The molecule has 186 valence electrons. The lowest BCUT2D eigenvalue weighted by atomic mass is 10.1. The molecule has 4 N–H and O–H groups in total.